The highest BCUT2D eigenvalue weighted by atomic mass is 32.2. The number of fused-ring (bicyclic) bond motifs is 1. The highest BCUT2D eigenvalue weighted by molar-refractivity contribution is 7.89. The van der Waals surface area contributed by atoms with Crippen LogP contribution in [0.5, 0.6) is 0 Å². The average Bonchev–Trinajstić information content (AvgIpc) is 3.16. The van der Waals surface area contributed by atoms with Crippen molar-refractivity contribution in [2.45, 2.75) is 24.2 Å². The van der Waals surface area contributed by atoms with E-state index in [0.29, 0.717) is 32.4 Å². The maximum atomic E-state index is 13.5. The Labute approximate surface area is 175 Å². The molecular weight excluding hydrogens is 405 g/mol. The van der Waals surface area contributed by atoms with Crippen molar-refractivity contribution in [2.24, 2.45) is 5.92 Å². The summed E-state index contributed by atoms with van der Waals surface area (Å²) in [5.74, 6) is -0.819. The summed E-state index contributed by atoms with van der Waals surface area (Å²) in [6.45, 7) is 1.01. The lowest BCUT2D eigenvalue weighted by Gasteiger charge is -2.31. The third kappa shape index (κ3) is 4.24. The fourth-order valence-corrected chi connectivity index (χ4v) is 5.48. The number of rotatable bonds is 6. The molecule has 158 valence electrons. The summed E-state index contributed by atoms with van der Waals surface area (Å²) in [5, 5.41) is 3.72. The van der Waals surface area contributed by atoms with Crippen molar-refractivity contribution < 1.29 is 17.6 Å². The molecule has 2 N–H and O–H groups in total. The van der Waals surface area contributed by atoms with Crippen LogP contribution in [0, 0.1) is 11.7 Å². The van der Waals surface area contributed by atoms with Gasteiger partial charge >= 0.3 is 0 Å². The number of hydrogen-bond donors (Lipinski definition) is 2. The molecule has 0 aliphatic carbocycles. The quantitative estimate of drug-likeness (QED) is 0.632. The molecule has 6 nitrogen and oxygen atoms in total. The molecule has 1 fully saturated rings. The molecule has 1 amide bonds. The molecular formula is C22H24FN3O3S. The Kier molecular flexibility index (Phi) is 5.87. The van der Waals surface area contributed by atoms with E-state index < -0.39 is 10.0 Å². The Bertz CT molecular complexity index is 1140. The van der Waals surface area contributed by atoms with Crippen LogP contribution in [-0.2, 0) is 21.2 Å². The number of carbonyl (C=O) groups is 1. The maximum absolute atomic E-state index is 13.5. The monoisotopic (exact) mass is 429 g/mol. The second-order valence-electron chi connectivity index (χ2n) is 7.56. The van der Waals surface area contributed by atoms with Gasteiger partial charge in [-0.2, -0.15) is 4.31 Å². The highest BCUT2D eigenvalue weighted by Gasteiger charge is 2.33. The van der Waals surface area contributed by atoms with Crippen LogP contribution in [-0.4, -0.2) is 43.2 Å². The van der Waals surface area contributed by atoms with Gasteiger partial charge in [0.05, 0.1) is 10.8 Å². The minimum absolute atomic E-state index is 0.144. The maximum Gasteiger partial charge on any atom is 0.243 e. The van der Waals surface area contributed by atoms with Crippen LogP contribution in [0.4, 0.5) is 4.39 Å². The molecule has 1 unspecified atom stereocenters. The van der Waals surface area contributed by atoms with E-state index in [1.54, 1.807) is 36.4 Å². The van der Waals surface area contributed by atoms with Crippen LogP contribution >= 0.6 is 0 Å². The van der Waals surface area contributed by atoms with E-state index in [1.807, 2.05) is 6.20 Å². The molecule has 1 aliphatic heterocycles. The number of nitrogens with zero attached hydrogens (tertiary/aromatic N) is 1. The van der Waals surface area contributed by atoms with Gasteiger partial charge in [0, 0.05) is 36.7 Å². The Morgan fingerprint density at radius 2 is 2.00 bits per heavy atom. The first-order valence-corrected chi connectivity index (χ1v) is 11.5. The molecule has 30 heavy (non-hydrogen) atoms. The topological polar surface area (TPSA) is 82.3 Å². The summed E-state index contributed by atoms with van der Waals surface area (Å²) in [6.07, 6.45) is 3.69. The van der Waals surface area contributed by atoms with Crippen molar-refractivity contribution in [2.75, 3.05) is 19.6 Å². The fourth-order valence-electron chi connectivity index (χ4n) is 3.94. The number of piperidine rings is 1. The molecule has 0 spiro atoms. The molecule has 1 saturated heterocycles. The normalized spacial score (nSPS) is 17.8. The SMILES string of the molecule is O=C(NCCc1c[nH]c2ccc(F)cc12)C1CCCN(S(=O)(=O)c2ccccc2)C1. The molecule has 3 aromatic rings. The predicted octanol–water partition coefficient (Wildman–Crippen LogP) is 3.07. The number of nitrogens with one attached hydrogen (secondary N) is 2. The van der Waals surface area contributed by atoms with Gasteiger partial charge in [-0.1, -0.05) is 18.2 Å². The average molecular weight is 430 g/mol. The lowest BCUT2D eigenvalue weighted by Crippen LogP contribution is -2.45. The first kappa shape index (κ1) is 20.6. The minimum Gasteiger partial charge on any atom is -0.361 e. The van der Waals surface area contributed by atoms with Crippen molar-refractivity contribution in [3.05, 3.63) is 66.1 Å². The van der Waals surface area contributed by atoms with E-state index >= 15 is 0 Å². The summed E-state index contributed by atoms with van der Waals surface area (Å²) >= 11 is 0. The number of amides is 1. The molecule has 0 radical (unpaired) electrons. The zero-order valence-corrected chi connectivity index (χ0v) is 17.3. The Morgan fingerprint density at radius 3 is 2.80 bits per heavy atom. The van der Waals surface area contributed by atoms with Crippen LogP contribution in [0.25, 0.3) is 10.9 Å². The molecule has 1 aliphatic rings. The predicted molar refractivity (Wildman–Crippen MR) is 113 cm³/mol. The first-order valence-electron chi connectivity index (χ1n) is 10.0. The van der Waals surface area contributed by atoms with Gasteiger partial charge in [-0.15, -0.1) is 0 Å². The summed E-state index contributed by atoms with van der Waals surface area (Å²) in [7, 11) is -3.60. The number of hydrogen-bond acceptors (Lipinski definition) is 3. The van der Waals surface area contributed by atoms with Gasteiger partial charge < -0.3 is 10.3 Å². The molecule has 2 aromatic carbocycles. The smallest absolute Gasteiger partial charge is 0.243 e. The van der Waals surface area contributed by atoms with E-state index in [9.17, 15) is 17.6 Å². The molecule has 0 bridgehead atoms. The molecule has 0 saturated carbocycles. The standard InChI is InChI=1S/C22H24FN3O3S/c23-18-8-9-21-20(13-18)16(14-25-21)10-11-24-22(27)17-5-4-12-26(15-17)30(28,29)19-6-2-1-3-7-19/h1-3,6-9,13-14,17,25H,4-5,10-12,15H2,(H,24,27). The lowest BCUT2D eigenvalue weighted by atomic mass is 9.98. The van der Waals surface area contributed by atoms with Crippen LogP contribution in [0.15, 0.2) is 59.6 Å². The van der Waals surface area contributed by atoms with Gasteiger partial charge in [0.1, 0.15) is 5.82 Å². The summed E-state index contributed by atoms with van der Waals surface area (Å²) < 4.78 is 40.6. The minimum atomic E-state index is -3.60. The third-order valence-electron chi connectivity index (χ3n) is 5.56. The third-order valence-corrected chi connectivity index (χ3v) is 7.44. The summed E-state index contributed by atoms with van der Waals surface area (Å²) in [6, 6.07) is 12.9. The van der Waals surface area contributed by atoms with E-state index in [0.717, 1.165) is 16.5 Å². The van der Waals surface area contributed by atoms with Gasteiger partial charge in [0.25, 0.3) is 0 Å². The largest absolute Gasteiger partial charge is 0.361 e. The van der Waals surface area contributed by atoms with Crippen LogP contribution in [0.3, 0.4) is 0 Å². The first-order chi connectivity index (χ1) is 14.4. The number of carbonyl (C=O) groups excluding carboxylic acids is 1. The van der Waals surface area contributed by atoms with Gasteiger partial charge in [-0.25, -0.2) is 12.8 Å². The number of H-pyrrole nitrogens is 1. The Hall–Kier alpha value is -2.71. The van der Waals surface area contributed by atoms with Crippen molar-refractivity contribution in [3.63, 3.8) is 0 Å². The van der Waals surface area contributed by atoms with E-state index in [1.165, 1.54) is 16.4 Å². The van der Waals surface area contributed by atoms with Crippen molar-refractivity contribution in [1.29, 1.82) is 0 Å². The van der Waals surface area contributed by atoms with Crippen molar-refractivity contribution in [1.82, 2.24) is 14.6 Å². The van der Waals surface area contributed by atoms with Crippen molar-refractivity contribution in [3.8, 4) is 0 Å². The van der Waals surface area contributed by atoms with Gasteiger partial charge in [-0.3, -0.25) is 4.79 Å². The van der Waals surface area contributed by atoms with E-state index in [-0.39, 0.29) is 29.1 Å². The summed E-state index contributed by atoms with van der Waals surface area (Å²) in [4.78, 5) is 16.0. The Morgan fingerprint density at radius 1 is 1.20 bits per heavy atom. The number of aromatic nitrogens is 1. The number of aromatic amines is 1. The van der Waals surface area contributed by atoms with Crippen LogP contribution < -0.4 is 5.32 Å². The van der Waals surface area contributed by atoms with Gasteiger partial charge in [0.2, 0.25) is 15.9 Å². The second-order valence-corrected chi connectivity index (χ2v) is 9.50. The van der Waals surface area contributed by atoms with Crippen molar-refractivity contribution >= 4 is 26.8 Å². The van der Waals surface area contributed by atoms with Gasteiger partial charge in [-0.05, 0) is 55.2 Å². The summed E-state index contributed by atoms with van der Waals surface area (Å²) in [5.41, 5.74) is 1.79. The lowest BCUT2D eigenvalue weighted by molar-refractivity contribution is -0.126. The van der Waals surface area contributed by atoms with Crippen LogP contribution in [0.1, 0.15) is 18.4 Å². The van der Waals surface area contributed by atoms with E-state index in [2.05, 4.69) is 10.3 Å². The number of halogens is 1. The van der Waals surface area contributed by atoms with E-state index in [4.69, 9.17) is 0 Å². The molecule has 1 atom stereocenters. The second kappa shape index (κ2) is 8.57. The molecule has 2 heterocycles. The number of sulfonamides is 1. The number of benzene rings is 2. The molecule has 1 aromatic heterocycles. The zero-order valence-electron chi connectivity index (χ0n) is 16.5. The fraction of sp³-hybridized carbons (Fsp3) is 0.318. The highest BCUT2D eigenvalue weighted by Crippen LogP contribution is 2.24. The molecule has 8 heteroatoms. The van der Waals surface area contributed by atoms with Gasteiger partial charge in [0.15, 0.2) is 0 Å². The molecule has 4 rings (SSSR count). The van der Waals surface area contributed by atoms with Crippen LogP contribution in [0.2, 0.25) is 0 Å². The zero-order chi connectivity index (χ0) is 21.1. The Balaban J connectivity index is 1.36.